The minimum Gasteiger partial charge on any atom is -0.468 e. The Labute approximate surface area is 154 Å². The molecule has 0 spiro atoms. The third kappa shape index (κ3) is 3.61. The third-order valence-electron chi connectivity index (χ3n) is 3.92. The Hall–Kier alpha value is -3.75. The van der Waals surface area contributed by atoms with Gasteiger partial charge in [0, 0.05) is 12.6 Å². The molecular weight excluding hydrogens is 350 g/mol. The Morgan fingerprint density at radius 3 is 2.59 bits per heavy atom. The molecule has 0 atom stereocenters. The molecule has 27 heavy (non-hydrogen) atoms. The number of anilines is 2. The zero-order valence-electron chi connectivity index (χ0n) is 14.7. The number of hydrogen-bond donors (Lipinski definition) is 2. The number of hydrogen-bond acceptors (Lipinski definition) is 7. The van der Waals surface area contributed by atoms with E-state index in [9.17, 15) is 14.4 Å². The van der Waals surface area contributed by atoms with Crippen molar-refractivity contribution < 1.29 is 14.3 Å². The molecule has 3 aromatic rings. The number of carbonyl (C=O) groups excluding carboxylic acids is 2. The van der Waals surface area contributed by atoms with Crippen LogP contribution in [0.2, 0.25) is 0 Å². The molecule has 0 radical (unpaired) electrons. The van der Waals surface area contributed by atoms with Crippen molar-refractivity contribution in [1.29, 1.82) is 0 Å². The molecule has 9 heteroatoms. The molecule has 1 aromatic carbocycles. The largest absolute Gasteiger partial charge is 0.468 e. The molecule has 0 fully saturated rings. The lowest BCUT2D eigenvalue weighted by atomic mass is 10.2. The summed E-state index contributed by atoms with van der Waals surface area (Å²) in [6.45, 7) is -0.346. The number of amides is 1. The minimum atomic E-state index is -0.616. The molecule has 0 aliphatic heterocycles. The number of ether oxygens (including phenoxy) is 1. The summed E-state index contributed by atoms with van der Waals surface area (Å²) < 4.78 is 5.80. The highest BCUT2D eigenvalue weighted by molar-refractivity contribution is 6.05. The molecule has 2 heterocycles. The van der Waals surface area contributed by atoms with Crippen molar-refractivity contribution in [3.8, 4) is 0 Å². The monoisotopic (exact) mass is 367 g/mol. The van der Waals surface area contributed by atoms with E-state index in [0.29, 0.717) is 16.8 Å². The number of carbonyl (C=O) groups is 2. The van der Waals surface area contributed by atoms with Crippen molar-refractivity contribution in [2.75, 3.05) is 24.8 Å². The summed E-state index contributed by atoms with van der Waals surface area (Å²) in [5.74, 6) is -0.608. The van der Waals surface area contributed by atoms with Crippen LogP contribution in [0.25, 0.3) is 11.0 Å². The molecule has 2 aromatic heterocycles. The number of methoxy groups -OCH3 is 1. The first-order valence-electron chi connectivity index (χ1n) is 8.04. The maximum absolute atomic E-state index is 12.9. The van der Waals surface area contributed by atoms with E-state index >= 15 is 0 Å². The molecule has 0 aliphatic carbocycles. The van der Waals surface area contributed by atoms with Crippen LogP contribution in [0.15, 0.2) is 47.5 Å². The van der Waals surface area contributed by atoms with E-state index in [4.69, 9.17) is 0 Å². The van der Waals surface area contributed by atoms with E-state index in [1.54, 1.807) is 37.4 Å². The van der Waals surface area contributed by atoms with Gasteiger partial charge in [-0.2, -0.15) is 0 Å². The average molecular weight is 367 g/mol. The molecule has 0 saturated heterocycles. The van der Waals surface area contributed by atoms with Gasteiger partial charge in [0.15, 0.2) is 0 Å². The predicted molar refractivity (Wildman–Crippen MR) is 99.8 cm³/mol. The zero-order valence-corrected chi connectivity index (χ0v) is 14.7. The van der Waals surface area contributed by atoms with Crippen LogP contribution in [0.4, 0.5) is 11.5 Å². The van der Waals surface area contributed by atoms with Crippen LogP contribution in [0, 0.1) is 0 Å². The van der Waals surface area contributed by atoms with E-state index in [0.717, 1.165) is 4.57 Å². The van der Waals surface area contributed by atoms with Gasteiger partial charge in [-0.3, -0.25) is 19.0 Å². The fourth-order valence-electron chi connectivity index (χ4n) is 2.60. The van der Waals surface area contributed by atoms with Gasteiger partial charge in [-0.25, -0.2) is 9.97 Å². The first-order valence-corrected chi connectivity index (χ1v) is 8.04. The predicted octanol–water partition coefficient (Wildman–Crippen LogP) is 1.26. The molecule has 1 amide bonds. The van der Waals surface area contributed by atoms with Crippen molar-refractivity contribution in [2.24, 2.45) is 0 Å². The van der Waals surface area contributed by atoms with Crippen LogP contribution in [0.5, 0.6) is 0 Å². The number of benzene rings is 1. The fraction of sp³-hybridized carbons (Fsp3) is 0.167. The van der Waals surface area contributed by atoms with E-state index in [1.807, 2.05) is 0 Å². The molecule has 0 bridgehead atoms. The molecule has 0 saturated carbocycles. The Balaban J connectivity index is 2.14. The van der Waals surface area contributed by atoms with Crippen molar-refractivity contribution in [2.45, 2.75) is 6.54 Å². The highest BCUT2D eigenvalue weighted by Gasteiger charge is 2.18. The highest BCUT2D eigenvalue weighted by Crippen LogP contribution is 2.21. The van der Waals surface area contributed by atoms with Gasteiger partial charge in [0.2, 0.25) is 0 Å². The Bertz CT molecular complexity index is 1060. The molecule has 2 N–H and O–H groups in total. The fourth-order valence-corrected chi connectivity index (χ4v) is 2.60. The lowest BCUT2D eigenvalue weighted by Crippen LogP contribution is -2.29. The maximum Gasteiger partial charge on any atom is 0.325 e. The van der Waals surface area contributed by atoms with Gasteiger partial charge in [-0.05, 0) is 18.2 Å². The molecule has 0 aliphatic rings. The topological polar surface area (TPSA) is 115 Å². The minimum absolute atomic E-state index is 0.00607. The van der Waals surface area contributed by atoms with Gasteiger partial charge in [0.25, 0.3) is 11.5 Å². The van der Waals surface area contributed by atoms with E-state index in [-0.39, 0.29) is 17.9 Å². The SMILES string of the molecule is CNc1ncnc2c1cc(NC(=O)c1ccccc1)c(=O)n2CC(=O)OC. The smallest absolute Gasteiger partial charge is 0.325 e. The van der Waals surface area contributed by atoms with Gasteiger partial charge >= 0.3 is 5.97 Å². The number of aromatic nitrogens is 3. The van der Waals surface area contributed by atoms with Crippen LogP contribution in [0.1, 0.15) is 10.4 Å². The lowest BCUT2D eigenvalue weighted by molar-refractivity contribution is -0.141. The van der Waals surface area contributed by atoms with Crippen molar-refractivity contribution >= 4 is 34.4 Å². The summed E-state index contributed by atoms with van der Waals surface area (Å²) in [5.41, 5.74) is 0.0848. The van der Waals surface area contributed by atoms with Crippen LogP contribution >= 0.6 is 0 Å². The van der Waals surface area contributed by atoms with Crippen molar-refractivity contribution in [1.82, 2.24) is 14.5 Å². The van der Waals surface area contributed by atoms with Gasteiger partial charge in [-0.1, -0.05) is 18.2 Å². The number of esters is 1. The second-order valence-corrected chi connectivity index (χ2v) is 5.56. The van der Waals surface area contributed by atoms with Crippen LogP contribution in [-0.2, 0) is 16.1 Å². The maximum atomic E-state index is 12.9. The van der Waals surface area contributed by atoms with E-state index in [1.165, 1.54) is 19.5 Å². The van der Waals surface area contributed by atoms with Crippen molar-refractivity contribution in [3.05, 3.63) is 58.6 Å². The number of nitrogens with one attached hydrogen (secondary N) is 2. The third-order valence-corrected chi connectivity index (χ3v) is 3.92. The van der Waals surface area contributed by atoms with Gasteiger partial charge in [0.1, 0.15) is 30.0 Å². The second-order valence-electron chi connectivity index (χ2n) is 5.56. The zero-order chi connectivity index (χ0) is 19.4. The van der Waals surface area contributed by atoms with E-state index < -0.39 is 17.4 Å². The first kappa shape index (κ1) is 18.1. The molecule has 138 valence electrons. The summed E-state index contributed by atoms with van der Waals surface area (Å²) in [7, 11) is 2.89. The van der Waals surface area contributed by atoms with Gasteiger partial charge < -0.3 is 15.4 Å². The average Bonchev–Trinajstić information content (AvgIpc) is 2.70. The Morgan fingerprint density at radius 2 is 1.93 bits per heavy atom. The summed E-state index contributed by atoms with van der Waals surface area (Å²) >= 11 is 0. The molecule has 3 rings (SSSR count). The Morgan fingerprint density at radius 1 is 1.19 bits per heavy atom. The normalized spacial score (nSPS) is 10.4. The quantitative estimate of drug-likeness (QED) is 0.652. The standard InChI is InChI=1S/C18H17N5O4/c1-19-15-12-8-13(22-17(25)11-6-4-3-5-7-11)18(26)23(9-14(24)27-2)16(12)21-10-20-15/h3-8,10H,9H2,1-2H3,(H,22,25)(H,19,20,21). The molecule has 9 nitrogen and oxygen atoms in total. The van der Waals surface area contributed by atoms with Gasteiger partial charge in [0.05, 0.1) is 12.5 Å². The number of fused-ring (bicyclic) bond motifs is 1. The second kappa shape index (κ2) is 7.65. The summed E-state index contributed by atoms with van der Waals surface area (Å²) in [5, 5.41) is 5.97. The summed E-state index contributed by atoms with van der Waals surface area (Å²) in [6, 6.07) is 9.97. The lowest BCUT2D eigenvalue weighted by Gasteiger charge is -2.13. The molecule has 0 unspecified atom stereocenters. The van der Waals surface area contributed by atoms with Crippen LogP contribution < -0.4 is 16.2 Å². The van der Waals surface area contributed by atoms with E-state index in [2.05, 4.69) is 25.3 Å². The highest BCUT2D eigenvalue weighted by atomic mass is 16.5. The number of nitrogens with zero attached hydrogens (tertiary/aromatic N) is 3. The number of pyridine rings is 1. The van der Waals surface area contributed by atoms with Gasteiger partial charge in [-0.15, -0.1) is 0 Å². The molecular formula is C18H17N5O4. The number of rotatable bonds is 5. The van der Waals surface area contributed by atoms with Crippen LogP contribution in [-0.4, -0.2) is 40.6 Å². The Kier molecular flexibility index (Phi) is 5.11. The summed E-state index contributed by atoms with van der Waals surface area (Å²) in [6.07, 6.45) is 1.28. The van der Waals surface area contributed by atoms with Crippen molar-refractivity contribution in [3.63, 3.8) is 0 Å². The summed E-state index contributed by atoms with van der Waals surface area (Å²) in [4.78, 5) is 45.3. The first-order chi connectivity index (χ1) is 13.0. The van der Waals surface area contributed by atoms with Crippen LogP contribution in [0.3, 0.4) is 0 Å².